The van der Waals surface area contributed by atoms with E-state index in [1.807, 2.05) is 13.7 Å². The Hall–Kier alpha value is -4.14. The molecule has 0 spiro atoms. The van der Waals surface area contributed by atoms with Crippen molar-refractivity contribution < 1.29 is 13.7 Å². The summed E-state index contributed by atoms with van der Waals surface area (Å²) in [7, 11) is 0. The van der Waals surface area contributed by atoms with Gasteiger partial charge >= 0.3 is 17.8 Å². The van der Waals surface area contributed by atoms with Gasteiger partial charge in [-0.15, -0.1) is 0 Å². The van der Waals surface area contributed by atoms with Gasteiger partial charge in [0.15, 0.2) is 0 Å². The van der Waals surface area contributed by atoms with E-state index >= 15 is 0 Å². The molecule has 7 heterocycles. The quantitative estimate of drug-likeness (QED) is 0.363. The van der Waals surface area contributed by atoms with Crippen molar-refractivity contribution >= 4 is 17.1 Å². The Bertz CT molecular complexity index is 1220. The van der Waals surface area contributed by atoms with E-state index in [1.165, 1.54) is 55.6 Å². The van der Waals surface area contributed by atoms with Crippen LogP contribution in [0.15, 0.2) is 73.6 Å². The Morgan fingerprint density at radius 1 is 0.385 bits per heavy atom. The van der Waals surface area contributed by atoms with Crippen LogP contribution in [-0.2, 0) is 0 Å². The van der Waals surface area contributed by atoms with Crippen molar-refractivity contribution in [2.45, 2.75) is 38.5 Å². The van der Waals surface area contributed by atoms with E-state index in [0.29, 0.717) is 17.8 Å². The van der Waals surface area contributed by atoms with Crippen molar-refractivity contribution in [3.05, 3.63) is 73.6 Å². The molecule has 9 heteroatoms. The molecule has 39 heavy (non-hydrogen) atoms. The van der Waals surface area contributed by atoms with Crippen molar-refractivity contribution in [1.29, 1.82) is 0 Å². The lowest BCUT2D eigenvalue weighted by molar-refractivity contribution is -0.628. The maximum atomic E-state index is 4.89. The van der Waals surface area contributed by atoms with E-state index in [4.69, 9.17) is 15.0 Å². The molecule has 0 amide bonds. The normalized spacial score (nSPS) is 17.4. The molecule has 0 unspecified atom stereocenters. The maximum absolute atomic E-state index is 4.89. The van der Waals surface area contributed by atoms with E-state index in [1.54, 1.807) is 0 Å². The van der Waals surface area contributed by atoms with E-state index < -0.39 is 0 Å². The molecule has 3 fully saturated rings. The zero-order valence-electron chi connectivity index (χ0n) is 22.4. The second-order valence-corrected chi connectivity index (χ2v) is 10.7. The van der Waals surface area contributed by atoms with Crippen molar-refractivity contribution in [2.75, 3.05) is 54.0 Å². The summed E-state index contributed by atoms with van der Waals surface area (Å²) in [5.41, 5.74) is 3.74. The highest BCUT2D eigenvalue weighted by Crippen LogP contribution is 2.20. The van der Waals surface area contributed by atoms with Crippen molar-refractivity contribution in [3.8, 4) is 17.8 Å². The first-order valence-corrected chi connectivity index (χ1v) is 14.4. The topological polar surface area (TPSA) is 60.0 Å². The third kappa shape index (κ3) is 5.01. The molecule has 3 aliphatic heterocycles. The third-order valence-electron chi connectivity index (χ3n) is 8.14. The van der Waals surface area contributed by atoms with Crippen LogP contribution in [0.4, 0.5) is 17.1 Å². The molecule has 7 rings (SSSR count). The summed E-state index contributed by atoms with van der Waals surface area (Å²) < 4.78 is 5.94. The summed E-state index contributed by atoms with van der Waals surface area (Å²) in [5.74, 6) is 1.78. The molecule has 4 aromatic heterocycles. The molecule has 0 radical (unpaired) electrons. The molecule has 0 bridgehead atoms. The van der Waals surface area contributed by atoms with Crippen LogP contribution in [0, 0.1) is 0 Å². The monoisotopic (exact) mass is 522 g/mol. The van der Waals surface area contributed by atoms with Gasteiger partial charge < -0.3 is 14.7 Å². The Balaban J connectivity index is 1.24. The fourth-order valence-corrected chi connectivity index (χ4v) is 5.90. The molecule has 3 saturated heterocycles. The predicted molar refractivity (Wildman–Crippen MR) is 149 cm³/mol. The summed E-state index contributed by atoms with van der Waals surface area (Å²) in [6, 6.07) is 12.9. The summed E-state index contributed by atoms with van der Waals surface area (Å²) in [4.78, 5) is 22.0. The molecular weight excluding hydrogens is 486 g/mol. The highest BCUT2D eigenvalue weighted by Gasteiger charge is 2.27. The summed E-state index contributed by atoms with van der Waals surface area (Å²) >= 11 is 0. The average Bonchev–Trinajstić information content (AvgIpc) is 3.82. The number of anilines is 3. The summed E-state index contributed by atoms with van der Waals surface area (Å²) in [5, 5.41) is 0. The van der Waals surface area contributed by atoms with Gasteiger partial charge in [0.2, 0.25) is 0 Å². The third-order valence-corrected chi connectivity index (χ3v) is 8.14. The molecule has 0 aromatic carbocycles. The van der Waals surface area contributed by atoms with Crippen molar-refractivity contribution in [2.24, 2.45) is 0 Å². The van der Waals surface area contributed by atoms with Gasteiger partial charge in [0.05, 0.1) is 37.2 Å². The van der Waals surface area contributed by atoms with E-state index in [-0.39, 0.29) is 0 Å². The van der Waals surface area contributed by atoms with Crippen LogP contribution in [0.25, 0.3) is 17.8 Å². The fraction of sp³-hybridized carbons (Fsp3) is 0.400. The average molecular weight is 523 g/mol. The van der Waals surface area contributed by atoms with Crippen LogP contribution in [0.5, 0.6) is 0 Å². The minimum Gasteiger partial charge on any atom is -0.371 e. The molecule has 4 aromatic rings. The molecule has 9 nitrogen and oxygen atoms in total. The minimum absolute atomic E-state index is 0.593. The second kappa shape index (κ2) is 10.6. The van der Waals surface area contributed by atoms with E-state index in [9.17, 15) is 0 Å². The first-order valence-electron chi connectivity index (χ1n) is 14.4. The first kappa shape index (κ1) is 23.9. The number of nitrogens with zero attached hydrogens (tertiary/aromatic N) is 9. The summed E-state index contributed by atoms with van der Waals surface area (Å²) in [6.07, 6.45) is 19.9. The number of rotatable bonds is 6. The van der Waals surface area contributed by atoms with Crippen LogP contribution in [0.3, 0.4) is 0 Å². The van der Waals surface area contributed by atoms with Gasteiger partial charge in [-0.3, -0.25) is 0 Å². The molecule has 198 valence electrons. The Morgan fingerprint density at radius 2 is 0.615 bits per heavy atom. The molecule has 0 saturated carbocycles. The maximum Gasteiger partial charge on any atom is 0.449 e. The Kier molecular flexibility index (Phi) is 6.48. The van der Waals surface area contributed by atoms with Crippen LogP contribution in [0.2, 0.25) is 0 Å². The standard InChI is InChI=1S/C30H36N9/c1-2-14-34(13-1)25-7-19-37(20-8-25)28-31-29(38-21-9-26(10-22-38)35-15-3-4-16-35)33-30(32-28)39-23-11-27(12-24-39)36-17-5-6-18-36/h7-12,19-24H,1-6,13-18H2/q+3. The zero-order chi connectivity index (χ0) is 26.0. The highest BCUT2D eigenvalue weighted by molar-refractivity contribution is 5.46. The van der Waals surface area contributed by atoms with Crippen LogP contribution in [-0.4, -0.2) is 54.2 Å². The molecule has 3 aliphatic rings. The Morgan fingerprint density at radius 3 is 0.846 bits per heavy atom. The lowest BCUT2D eigenvalue weighted by atomic mass is 10.3. The zero-order valence-corrected chi connectivity index (χ0v) is 22.4. The fourth-order valence-electron chi connectivity index (χ4n) is 5.90. The van der Waals surface area contributed by atoms with Gasteiger partial charge in [-0.2, -0.15) is 0 Å². The van der Waals surface area contributed by atoms with Crippen LogP contribution >= 0.6 is 0 Å². The predicted octanol–water partition coefficient (Wildman–Crippen LogP) is 2.50. The molecular formula is C30H36N9+3. The minimum atomic E-state index is 0.593. The van der Waals surface area contributed by atoms with Crippen LogP contribution in [0.1, 0.15) is 38.5 Å². The van der Waals surface area contributed by atoms with Crippen LogP contribution < -0.4 is 28.4 Å². The SMILES string of the molecule is c1c[n+](-c2nc(-[n+]3ccc(N4CCCC4)cc3)nc(-[n+]3ccc(N4CCCC4)cc3)n2)ccc1N1CCCC1. The van der Waals surface area contributed by atoms with Gasteiger partial charge in [-0.1, -0.05) is 0 Å². The largest absolute Gasteiger partial charge is 0.449 e. The number of pyridine rings is 3. The lowest BCUT2D eigenvalue weighted by Crippen LogP contribution is -2.42. The van der Waals surface area contributed by atoms with Gasteiger partial charge in [-0.25, -0.2) is 13.7 Å². The Labute approximate surface area is 229 Å². The summed E-state index contributed by atoms with van der Waals surface area (Å²) in [6.45, 7) is 6.74. The van der Waals surface area contributed by atoms with Gasteiger partial charge in [-0.05, 0) is 74.9 Å². The first-order chi connectivity index (χ1) is 19.3. The van der Waals surface area contributed by atoms with Gasteiger partial charge in [0, 0.05) is 71.3 Å². The van der Waals surface area contributed by atoms with Gasteiger partial charge in [0.1, 0.15) is 0 Å². The second-order valence-electron chi connectivity index (χ2n) is 10.7. The molecule has 0 aliphatic carbocycles. The van der Waals surface area contributed by atoms with Crippen molar-refractivity contribution in [1.82, 2.24) is 15.0 Å². The molecule has 0 atom stereocenters. The molecule has 0 N–H and O–H groups in total. The smallest absolute Gasteiger partial charge is 0.371 e. The highest BCUT2D eigenvalue weighted by atomic mass is 15.3. The number of aromatic nitrogens is 6. The number of hydrogen-bond donors (Lipinski definition) is 0. The van der Waals surface area contributed by atoms with Gasteiger partial charge in [0.25, 0.3) is 0 Å². The van der Waals surface area contributed by atoms with E-state index in [2.05, 4.69) is 88.3 Å². The van der Waals surface area contributed by atoms with Crippen molar-refractivity contribution in [3.63, 3.8) is 0 Å². The lowest BCUT2D eigenvalue weighted by Gasteiger charge is -2.17. The number of hydrogen-bond acceptors (Lipinski definition) is 6. The van der Waals surface area contributed by atoms with E-state index in [0.717, 1.165) is 39.3 Å².